The fourth-order valence-corrected chi connectivity index (χ4v) is 1.54. The second kappa shape index (κ2) is 4.74. The molecule has 6 heteroatoms. The highest BCUT2D eigenvalue weighted by Crippen LogP contribution is 2.12. The van der Waals surface area contributed by atoms with Crippen LogP contribution in [0.5, 0.6) is 0 Å². The standard InChI is InChI=1S/C6H12N4.2ClH/c7-6-9-4-2-1-3-8-5(4)10-6;;/h4-5,8H,1-3H2,(H3,7,9,10);2*1H/t4-,5-;;/m1../s1. The number of nitrogens with zero attached hydrogens (tertiary/aromatic N) is 1. The number of hydrogen-bond acceptors (Lipinski definition) is 4. The fourth-order valence-electron chi connectivity index (χ4n) is 1.54. The molecule has 1 saturated heterocycles. The summed E-state index contributed by atoms with van der Waals surface area (Å²) in [6, 6.07) is 0.453. The number of piperidine rings is 1. The zero-order valence-corrected chi connectivity index (χ0v) is 8.25. The van der Waals surface area contributed by atoms with Crippen LogP contribution >= 0.6 is 24.8 Å². The molecule has 0 unspecified atom stereocenters. The summed E-state index contributed by atoms with van der Waals surface area (Å²) in [6.07, 6.45) is 2.65. The number of rotatable bonds is 0. The van der Waals surface area contributed by atoms with E-state index in [0.717, 1.165) is 6.54 Å². The van der Waals surface area contributed by atoms with Gasteiger partial charge in [0.05, 0.1) is 6.04 Å². The van der Waals surface area contributed by atoms with Crippen molar-refractivity contribution in [3.8, 4) is 0 Å². The Labute approximate surface area is 84.2 Å². The summed E-state index contributed by atoms with van der Waals surface area (Å²) in [5.74, 6) is 0.587. The highest BCUT2D eigenvalue weighted by atomic mass is 35.5. The number of aliphatic imine (C=N–C) groups is 1. The molecule has 0 aliphatic carbocycles. The van der Waals surface area contributed by atoms with E-state index in [0.29, 0.717) is 12.0 Å². The smallest absolute Gasteiger partial charge is 0.190 e. The molecular weight excluding hydrogens is 199 g/mol. The van der Waals surface area contributed by atoms with Crippen LogP contribution in [0.4, 0.5) is 0 Å². The monoisotopic (exact) mass is 212 g/mol. The first kappa shape index (κ1) is 11.8. The Morgan fingerprint density at radius 2 is 2.17 bits per heavy atom. The maximum absolute atomic E-state index is 5.49. The molecule has 12 heavy (non-hydrogen) atoms. The van der Waals surface area contributed by atoms with Crippen LogP contribution in [0.25, 0.3) is 0 Å². The van der Waals surface area contributed by atoms with Gasteiger partial charge in [-0.2, -0.15) is 0 Å². The van der Waals surface area contributed by atoms with E-state index in [2.05, 4.69) is 15.6 Å². The van der Waals surface area contributed by atoms with E-state index in [1.54, 1.807) is 0 Å². The van der Waals surface area contributed by atoms with Gasteiger partial charge in [-0.25, -0.2) is 4.99 Å². The van der Waals surface area contributed by atoms with E-state index >= 15 is 0 Å². The molecule has 0 amide bonds. The van der Waals surface area contributed by atoms with Crippen LogP contribution in [0.1, 0.15) is 12.8 Å². The number of hydrogen-bond donors (Lipinski definition) is 3. The molecule has 0 aromatic carbocycles. The Morgan fingerprint density at radius 1 is 1.42 bits per heavy atom. The number of nitrogens with one attached hydrogen (secondary N) is 2. The van der Waals surface area contributed by atoms with Gasteiger partial charge in [0.25, 0.3) is 0 Å². The van der Waals surface area contributed by atoms with Gasteiger partial charge in [0.15, 0.2) is 5.96 Å². The Hall–Kier alpha value is -0.190. The number of nitrogens with two attached hydrogens (primary N) is 1. The maximum atomic E-state index is 5.49. The van der Waals surface area contributed by atoms with Crippen molar-refractivity contribution in [2.24, 2.45) is 10.7 Å². The minimum absolute atomic E-state index is 0. The normalized spacial score (nSPS) is 31.8. The van der Waals surface area contributed by atoms with Gasteiger partial charge in [0.1, 0.15) is 6.17 Å². The van der Waals surface area contributed by atoms with Crippen molar-refractivity contribution in [2.45, 2.75) is 25.0 Å². The molecule has 0 bridgehead atoms. The summed E-state index contributed by atoms with van der Waals surface area (Å²) in [6.45, 7) is 1.07. The second-order valence-electron chi connectivity index (χ2n) is 2.81. The first-order valence-electron chi connectivity index (χ1n) is 3.69. The maximum Gasteiger partial charge on any atom is 0.190 e. The quantitative estimate of drug-likeness (QED) is 0.523. The molecular formula is C6H14Cl2N4. The summed E-state index contributed by atoms with van der Waals surface area (Å²) >= 11 is 0. The predicted octanol–water partition coefficient (Wildman–Crippen LogP) is -0.174. The molecule has 4 N–H and O–H groups in total. The minimum atomic E-state index is 0. The summed E-state index contributed by atoms with van der Waals surface area (Å²) in [4.78, 5) is 4.18. The first-order valence-corrected chi connectivity index (χ1v) is 3.69. The van der Waals surface area contributed by atoms with Crippen molar-refractivity contribution in [1.82, 2.24) is 10.6 Å². The molecule has 2 rings (SSSR count). The van der Waals surface area contributed by atoms with Crippen LogP contribution in [0.2, 0.25) is 0 Å². The van der Waals surface area contributed by atoms with Crippen LogP contribution in [-0.4, -0.2) is 24.7 Å². The van der Waals surface area contributed by atoms with Gasteiger partial charge in [-0.05, 0) is 19.4 Å². The van der Waals surface area contributed by atoms with Gasteiger partial charge in [-0.15, -0.1) is 24.8 Å². The molecule has 0 aromatic heterocycles. The minimum Gasteiger partial charge on any atom is -0.370 e. The van der Waals surface area contributed by atoms with Gasteiger partial charge in [-0.1, -0.05) is 0 Å². The average Bonchev–Trinajstić information content (AvgIpc) is 2.27. The lowest BCUT2D eigenvalue weighted by Crippen LogP contribution is -2.47. The lowest BCUT2D eigenvalue weighted by Gasteiger charge is -2.24. The largest absolute Gasteiger partial charge is 0.370 e. The SMILES string of the molecule is Cl.Cl.NC1=N[C@H]2NCCC[C@H]2N1. The van der Waals surface area contributed by atoms with Crippen molar-refractivity contribution in [3.05, 3.63) is 0 Å². The van der Waals surface area contributed by atoms with Crippen LogP contribution in [0.15, 0.2) is 4.99 Å². The van der Waals surface area contributed by atoms with Crippen LogP contribution in [0.3, 0.4) is 0 Å². The van der Waals surface area contributed by atoms with Gasteiger partial charge < -0.3 is 11.1 Å². The van der Waals surface area contributed by atoms with Crippen LogP contribution in [0, 0.1) is 0 Å². The van der Waals surface area contributed by atoms with E-state index in [1.807, 2.05) is 0 Å². The van der Waals surface area contributed by atoms with Gasteiger partial charge in [0.2, 0.25) is 0 Å². The van der Waals surface area contributed by atoms with E-state index in [1.165, 1.54) is 12.8 Å². The lowest BCUT2D eigenvalue weighted by molar-refractivity contribution is 0.360. The molecule has 2 heterocycles. The number of fused-ring (bicyclic) bond motifs is 1. The van der Waals surface area contributed by atoms with Crippen molar-refractivity contribution in [3.63, 3.8) is 0 Å². The molecule has 0 saturated carbocycles. The van der Waals surface area contributed by atoms with Crippen molar-refractivity contribution < 1.29 is 0 Å². The van der Waals surface area contributed by atoms with E-state index in [4.69, 9.17) is 5.73 Å². The van der Waals surface area contributed by atoms with Crippen molar-refractivity contribution in [2.75, 3.05) is 6.54 Å². The molecule has 2 aliphatic heterocycles. The third-order valence-electron chi connectivity index (χ3n) is 2.04. The highest BCUT2D eigenvalue weighted by Gasteiger charge is 2.28. The second-order valence-corrected chi connectivity index (χ2v) is 2.81. The fraction of sp³-hybridized carbons (Fsp3) is 0.833. The Balaban J connectivity index is 0.000000605. The molecule has 0 radical (unpaired) electrons. The zero-order valence-electron chi connectivity index (χ0n) is 6.62. The third-order valence-corrected chi connectivity index (χ3v) is 2.04. The number of halogens is 2. The highest BCUT2D eigenvalue weighted by molar-refractivity contribution is 5.85. The van der Waals surface area contributed by atoms with E-state index in [9.17, 15) is 0 Å². The molecule has 1 fully saturated rings. The molecule has 0 aromatic rings. The molecule has 2 aliphatic rings. The van der Waals surface area contributed by atoms with Crippen LogP contribution in [-0.2, 0) is 0 Å². The van der Waals surface area contributed by atoms with E-state index in [-0.39, 0.29) is 31.0 Å². The number of guanidine groups is 1. The van der Waals surface area contributed by atoms with Gasteiger partial charge in [-0.3, -0.25) is 5.32 Å². The Kier molecular flexibility index (Phi) is 4.67. The predicted molar refractivity (Wildman–Crippen MR) is 54.1 cm³/mol. The summed E-state index contributed by atoms with van der Waals surface area (Å²) < 4.78 is 0. The molecule has 4 nitrogen and oxygen atoms in total. The van der Waals surface area contributed by atoms with Crippen LogP contribution < -0.4 is 16.4 Å². The Morgan fingerprint density at radius 3 is 2.83 bits per heavy atom. The summed E-state index contributed by atoms with van der Waals surface area (Å²) in [5.41, 5.74) is 5.49. The topological polar surface area (TPSA) is 62.4 Å². The van der Waals surface area contributed by atoms with Gasteiger partial charge in [0, 0.05) is 0 Å². The molecule has 2 atom stereocenters. The lowest BCUT2D eigenvalue weighted by atomic mass is 10.1. The Bertz CT molecular complexity index is 173. The summed E-state index contributed by atoms with van der Waals surface area (Å²) in [7, 11) is 0. The summed E-state index contributed by atoms with van der Waals surface area (Å²) in [5, 5.41) is 6.40. The van der Waals surface area contributed by atoms with Crippen molar-refractivity contribution in [1.29, 1.82) is 0 Å². The van der Waals surface area contributed by atoms with E-state index < -0.39 is 0 Å². The molecule has 0 spiro atoms. The average molecular weight is 213 g/mol. The first-order chi connectivity index (χ1) is 4.86. The van der Waals surface area contributed by atoms with Crippen molar-refractivity contribution >= 4 is 30.8 Å². The van der Waals surface area contributed by atoms with Gasteiger partial charge >= 0.3 is 0 Å². The third kappa shape index (κ3) is 2.15. The molecule has 72 valence electrons. The zero-order chi connectivity index (χ0) is 6.97.